The van der Waals surface area contributed by atoms with Crippen molar-refractivity contribution in [2.24, 2.45) is 5.84 Å². The van der Waals surface area contributed by atoms with Crippen LogP contribution in [0.25, 0.3) is 0 Å². The SMILES string of the molecule is CN1CCN(CCC(=O)NN)CC1.Cl. The summed E-state index contributed by atoms with van der Waals surface area (Å²) >= 11 is 0. The van der Waals surface area contributed by atoms with Crippen molar-refractivity contribution in [3.63, 3.8) is 0 Å². The van der Waals surface area contributed by atoms with Gasteiger partial charge in [0, 0.05) is 39.1 Å². The van der Waals surface area contributed by atoms with Gasteiger partial charge in [-0.3, -0.25) is 10.2 Å². The fourth-order valence-corrected chi connectivity index (χ4v) is 1.40. The first kappa shape index (κ1) is 13.6. The number of piperazine rings is 1. The maximum absolute atomic E-state index is 10.8. The number of amides is 1. The molecule has 1 amide bonds. The fraction of sp³-hybridized carbons (Fsp3) is 0.875. The average Bonchev–Trinajstić information content (AvgIpc) is 2.16. The van der Waals surface area contributed by atoms with Crippen LogP contribution < -0.4 is 11.3 Å². The number of nitrogens with zero attached hydrogens (tertiary/aromatic N) is 2. The molecule has 14 heavy (non-hydrogen) atoms. The number of hydrazine groups is 1. The van der Waals surface area contributed by atoms with Crippen molar-refractivity contribution >= 4 is 18.3 Å². The van der Waals surface area contributed by atoms with E-state index in [4.69, 9.17) is 5.84 Å². The predicted molar refractivity (Wildman–Crippen MR) is 58.1 cm³/mol. The van der Waals surface area contributed by atoms with Crippen LogP contribution in [0, 0.1) is 0 Å². The Kier molecular flexibility index (Phi) is 6.82. The number of rotatable bonds is 3. The molecule has 1 fully saturated rings. The molecule has 0 bridgehead atoms. The molecular weight excluding hydrogens is 204 g/mol. The van der Waals surface area contributed by atoms with Crippen LogP contribution in [0.4, 0.5) is 0 Å². The number of nitrogens with one attached hydrogen (secondary N) is 1. The highest BCUT2D eigenvalue weighted by atomic mass is 35.5. The van der Waals surface area contributed by atoms with Gasteiger partial charge >= 0.3 is 0 Å². The first-order chi connectivity index (χ1) is 6.22. The number of hydrogen-bond acceptors (Lipinski definition) is 4. The second kappa shape index (κ2) is 7.00. The van der Waals surface area contributed by atoms with Gasteiger partial charge in [0.2, 0.25) is 5.91 Å². The molecule has 1 rings (SSSR count). The lowest BCUT2D eigenvalue weighted by Crippen LogP contribution is -2.45. The molecule has 0 atom stereocenters. The van der Waals surface area contributed by atoms with Gasteiger partial charge in [-0.15, -0.1) is 12.4 Å². The highest BCUT2D eigenvalue weighted by molar-refractivity contribution is 5.85. The van der Waals surface area contributed by atoms with Gasteiger partial charge < -0.3 is 9.80 Å². The van der Waals surface area contributed by atoms with Crippen LogP contribution in [0.2, 0.25) is 0 Å². The normalized spacial score (nSPS) is 18.7. The topological polar surface area (TPSA) is 61.6 Å². The van der Waals surface area contributed by atoms with Crippen LogP contribution in [0.5, 0.6) is 0 Å². The smallest absolute Gasteiger partial charge is 0.235 e. The Bertz CT molecular complexity index is 171. The van der Waals surface area contributed by atoms with E-state index in [2.05, 4.69) is 22.3 Å². The van der Waals surface area contributed by atoms with Crippen molar-refractivity contribution in [1.82, 2.24) is 15.2 Å². The Balaban J connectivity index is 0.00000169. The van der Waals surface area contributed by atoms with E-state index in [0.717, 1.165) is 32.7 Å². The predicted octanol–water partition coefficient (Wildman–Crippen LogP) is -0.964. The number of carbonyl (C=O) groups excluding carboxylic acids is 1. The van der Waals surface area contributed by atoms with Crippen molar-refractivity contribution in [3.05, 3.63) is 0 Å². The molecule has 1 heterocycles. The summed E-state index contributed by atoms with van der Waals surface area (Å²) in [5.74, 6) is 4.90. The molecule has 0 unspecified atom stereocenters. The van der Waals surface area contributed by atoms with Crippen LogP contribution in [-0.2, 0) is 4.79 Å². The quantitative estimate of drug-likeness (QED) is 0.367. The van der Waals surface area contributed by atoms with Gasteiger partial charge in [-0.1, -0.05) is 0 Å². The first-order valence-corrected chi connectivity index (χ1v) is 4.62. The molecule has 84 valence electrons. The molecule has 0 aromatic heterocycles. The van der Waals surface area contributed by atoms with E-state index >= 15 is 0 Å². The van der Waals surface area contributed by atoms with Crippen LogP contribution in [0.3, 0.4) is 0 Å². The van der Waals surface area contributed by atoms with Gasteiger partial charge in [0.05, 0.1) is 0 Å². The van der Waals surface area contributed by atoms with E-state index in [0.29, 0.717) is 6.42 Å². The highest BCUT2D eigenvalue weighted by Crippen LogP contribution is 1.99. The number of hydrogen-bond donors (Lipinski definition) is 2. The van der Waals surface area contributed by atoms with Gasteiger partial charge in [-0.2, -0.15) is 0 Å². The van der Waals surface area contributed by atoms with Crippen molar-refractivity contribution in [1.29, 1.82) is 0 Å². The molecule has 1 aliphatic rings. The van der Waals surface area contributed by atoms with Crippen LogP contribution in [0.1, 0.15) is 6.42 Å². The molecule has 5 nitrogen and oxygen atoms in total. The molecule has 6 heteroatoms. The lowest BCUT2D eigenvalue weighted by atomic mass is 10.3. The summed E-state index contributed by atoms with van der Waals surface area (Å²) in [5.41, 5.74) is 2.14. The van der Waals surface area contributed by atoms with Crippen LogP contribution in [-0.4, -0.2) is 55.5 Å². The summed E-state index contributed by atoms with van der Waals surface area (Å²) in [6.45, 7) is 5.09. The van der Waals surface area contributed by atoms with Gasteiger partial charge in [0.1, 0.15) is 0 Å². The van der Waals surface area contributed by atoms with Crippen LogP contribution >= 0.6 is 12.4 Å². The summed E-state index contributed by atoms with van der Waals surface area (Å²) in [6, 6.07) is 0. The van der Waals surface area contributed by atoms with Crippen molar-refractivity contribution in [2.45, 2.75) is 6.42 Å². The Morgan fingerprint density at radius 2 is 1.93 bits per heavy atom. The molecule has 1 saturated heterocycles. The minimum absolute atomic E-state index is 0. The van der Waals surface area contributed by atoms with E-state index in [-0.39, 0.29) is 18.3 Å². The minimum atomic E-state index is -0.0843. The number of halogens is 1. The standard InChI is InChI=1S/C8H18N4O.ClH/c1-11-4-6-12(7-5-11)3-2-8(13)10-9;/h2-7,9H2,1H3,(H,10,13);1H. The Hall–Kier alpha value is -0.360. The van der Waals surface area contributed by atoms with E-state index in [1.165, 1.54) is 0 Å². The van der Waals surface area contributed by atoms with Gasteiger partial charge in [-0.05, 0) is 7.05 Å². The van der Waals surface area contributed by atoms with E-state index in [1.807, 2.05) is 0 Å². The van der Waals surface area contributed by atoms with Crippen molar-refractivity contribution in [3.8, 4) is 0 Å². The van der Waals surface area contributed by atoms with Gasteiger partial charge in [-0.25, -0.2) is 5.84 Å². The Labute approximate surface area is 91.0 Å². The highest BCUT2D eigenvalue weighted by Gasteiger charge is 2.13. The molecule has 1 aliphatic heterocycles. The molecule has 0 radical (unpaired) electrons. The number of likely N-dealkylation sites (N-methyl/N-ethyl adjacent to an activating group) is 1. The maximum atomic E-state index is 10.8. The average molecular weight is 223 g/mol. The fourth-order valence-electron chi connectivity index (χ4n) is 1.40. The zero-order valence-electron chi connectivity index (χ0n) is 8.53. The largest absolute Gasteiger partial charge is 0.304 e. The van der Waals surface area contributed by atoms with E-state index < -0.39 is 0 Å². The first-order valence-electron chi connectivity index (χ1n) is 4.62. The third kappa shape index (κ3) is 4.76. The van der Waals surface area contributed by atoms with Crippen LogP contribution in [0.15, 0.2) is 0 Å². The Morgan fingerprint density at radius 3 is 2.43 bits per heavy atom. The molecule has 0 saturated carbocycles. The zero-order valence-corrected chi connectivity index (χ0v) is 9.35. The summed E-state index contributed by atoms with van der Waals surface area (Å²) < 4.78 is 0. The molecule has 0 aromatic carbocycles. The second-order valence-electron chi connectivity index (χ2n) is 3.46. The molecule has 0 aliphatic carbocycles. The summed E-state index contributed by atoms with van der Waals surface area (Å²) in [6.07, 6.45) is 0.500. The van der Waals surface area contributed by atoms with E-state index in [1.54, 1.807) is 0 Å². The lowest BCUT2D eigenvalue weighted by molar-refractivity contribution is -0.121. The molecule has 3 N–H and O–H groups in total. The van der Waals surface area contributed by atoms with Crippen molar-refractivity contribution < 1.29 is 4.79 Å². The summed E-state index contributed by atoms with van der Waals surface area (Å²) in [5, 5.41) is 0. The third-order valence-corrected chi connectivity index (χ3v) is 2.41. The molecular formula is C8H19ClN4O. The number of carbonyl (C=O) groups is 1. The minimum Gasteiger partial charge on any atom is -0.304 e. The second-order valence-corrected chi connectivity index (χ2v) is 3.46. The summed E-state index contributed by atoms with van der Waals surface area (Å²) in [4.78, 5) is 15.4. The number of nitrogens with two attached hydrogens (primary N) is 1. The van der Waals surface area contributed by atoms with Gasteiger partial charge in [0.15, 0.2) is 0 Å². The molecule has 0 spiro atoms. The maximum Gasteiger partial charge on any atom is 0.235 e. The van der Waals surface area contributed by atoms with E-state index in [9.17, 15) is 4.79 Å². The Morgan fingerprint density at radius 1 is 1.36 bits per heavy atom. The summed E-state index contributed by atoms with van der Waals surface area (Å²) in [7, 11) is 2.12. The molecule has 0 aromatic rings. The monoisotopic (exact) mass is 222 g/mol. The third-order valence-electron chi connectivity index (χ3n) is 2.41. The lowest BCUT2D eigenvalue weighted by Gasteiger charge is -2.32. The van der Waals surface area contributed by atoms with Crippen molar-refractivity contribution in [2.75, 3.05) is 39.8 Å². The zero-order chi connectivity index (χ0) is 9.68. The van der Waals surface area contributed by atoms with Gasteiger partial charge in [0.25, 0.3) is 0 Å².